The first-order valence-electron chi connectivity index (χ1n) is 9.79. The molecule has 1 aromatic heterocycles. The minimum absolute atomic E-state index is 0.00856. The Morgan fingerprint density at radius 2 is 1.82 bits per heavy atom. The van der Waals surface area contributed by atoms with Gasteiger partial charge in [0.2, 0.25) is 5.91 Å². The summed E-state index contributed by atoms with van der Waals surface area (Å²) in [5.41, 5.74) is 4.54. The maximum atomic E-state index is 12.5. The molecule has 5 heteroatoms. The number of amides is 1. The predicted octanol–water partition coefficient (Wildman–Crippen LogP) is 3.62. The van der Waals surface area contributed by atoms with E-state index in [1.807, 2.05) is 42.5 Å². The third-order valence-corrected chi connectivity index (χ3v) is 5.18. The number of hydrogen-bond donors (Lipinski definition) is 1. The number of nitrogens with one attached hydrogen (secondary N) is 1. The molecule has 3 aromatic rings. The fourth-order valence-corrected chi connectivity index (χ4v) is 3.77. The quantitative estimate of drug-likeness (QED) is 0.716. The standard InChI is InChI=1S/C23H25N3O2/c1-28-19-13-11-17(12-14-19)15-23(27)24-16-22-25-20-9-5-6-10-21(20)26(22)18-7-3-2-4-8-18/h2-4,7-8,11-14H,5-6,9-10,15-16H2,1H3,(H,24,27). The van der Waals surface area contributed by atoms with Crippen molar-refractivity contribution >= 4 is 5.91 Å². The summed E-state index contributed by atoms with van der Waals surface area (Å²) in [4.78, 5) is 17.3. The lowest BCUT2D eigenvalue weighted by Crippen LogP contribution is -2.26. The SMILES string of the molecule is COc1ccc(CC(=O)NCc2nc3c(n2-c2ccccc2)CCCC3)cc1. The normalized spacial score (nSPS) is 13.0. The van der Waals surface area contributed by atoms with Crippen LogP contribution in [-0.4, -0.2) is 22.6 Å². The molecule has 2 aromatic carbocycles. The molecule has 1 aliphatic carbocycles. The number of carbonyl (C=O) groups is 1. The molecule has 144 valence electrons. The zero-order valence-electron chi connectivity index (χ0n) is 16.1. The number of carbonyl (C=O) groups excluding carboxylic acids is 1. The summed E-state index contributed by atoms with van der Waals surface area (Å²) in [5.74, 6) is 1.69. The van der Waals surface area contributed by atoms with Crippen molar-refractivity contribution in [3.05, 3.63) is 77.4 Å². The van der Waals surface area contributed by atoms with Crippen molar-refractivity contribution in [1.29, 1.82) is 0 Å². The minimum Gasteiger partial charge on any atom is -0.497 e. The predicted molar refractivity (Wildman–Crippen MR) is 109 cm³/mol. The van der Waals surface area contributed by atoms with Crippen LogP contribution in [0.4, 0.5) is 0 Å². The Morgan fingerprint density at radius 3 is 2.57 bits per heavy atom. The largest absolute Gasteiger partial charge is 0.497 e. The van der Waals surface area contributed by atoms with Crippen molar-refractivity contribution in [2.45, 2.75) is 38.6 Å². The lowest BCUT2D eigenvalue weighted by molar-refractivity contribution is -0.120. The molecular weight excluding hydrogens is 350 g/mol. The Hall–Kier alpha value is -3.08. The minimum atomic E-state index is -0.00856. The smallest absolute Gasteiger partial charge is 0.224 e. The van der Waals surface area contributed by atoms with Crippen LogP contribution in [0.1, 0.15) is 35.6 Å². The molecule has 0 saturated heterocycles. The van der Waals surface area contributed by atoms with Crippen molar-refractivity contribution in [3.63, 3.8) is 0 Å². The number of methoxy groups -OCH3 is 1. The van der Waals surface area contributed by atoms with E-state index in [4.69, 9.17) is 9.72 Å². The number of hydrogen-bond acceptors (Lipinski definition) is 3. The molecule has 1 N–H and O–H groups in total. The number of rotatable bonds is 6. The second-order valence-electron chi connectivity index (χ2n) is 7.10. The fourth-order valence-electron chi connectivity index (χ4n) is 3.77. The van der Waals surface area contributed by atoms with Crippen LogP contribution in [0.2, 0.25) is 0 Å². The van der Waals surface area contributed by atoms with Crippen LogP contribution in [0.25, 0.3) is 5.69 Å². The lowest BCUT2D eigenvalue weighted by atomic mass is 10.0. The highest BCUT2D eigenvalue weighted by Gasteiger charge is 2.21. The number of aromatic nitrogens is 2. The molecule has 0 atom stereocenters. The number of para-hydroxylation sites is 1. The molecular formula is C23H25N3O2. The summed E-state index contributed by atoms with van der Waals surface area (Å²) in [6, 6.07) is 17.9. The second-order valence-corrected chi connectivity index (χ2v) is 7.10. The van der Waals surface area contributed by atoms with Crippen molar-refractivity contribution in [1.82, 2.24) is 14.9 Å². The Balaban J connectivity index is 1.49. The van der Waals surface area contributed by atoms with Gasteiger partial charge in [-0.2, -0.15) is 0 Å². The molecule has 0 spiro atoms. The number of benzene rings is 2. The number of aryl methyl sites for hydroxylation is 1. The first kappa shape index (κ1) is 18.3. The van der Waals surface area contributed by atoms with Crippen LogP contribution in [0.15, 0.2) is 54.6 Å². The average Bonchev–Trinajstić information content (AvgIpc) is 3.12. The third kappa shape index (κ3) is 3.93. The zero-order valence-corrected chi connectivity index (χ0v) is 16.1. The second kappa shape index (κ2) is 8.30. The van der Waals surface area contributed by atoms with E-state index in [1.165, 1.54) is 24.2 Å². The summed E-state index contributed by atoms with van der Waals surface area (Å²) in [6.45, 7) is 0.427. The lowest BCUT2D eigenvalue weighted by Gasteiger charge is -2.15. The Morgan fingerprint density at radius 1 is 1.07 bits per heavy atom. The molecule has 0 saturated carbocycles. The van der Waals surface area contributed by atoms with Gasteiger partial charge in [0.05, 0.1) is 25.8 Å². The van der Waals surface area contributed by atoms with E-state index in [9.17, 15) is 4.79 Å². The topological polar surface area (TPSA) is 56.1 Å². The molecule has 4 rings (SSSR count). The van der Waals surface area contributed by atoms with Gasteiger partial charge in [-0.25, -0.2) is 4.98 Å². The molecule has 1 amide bonds. The van der Waals surface area contributed by atoms with E-state index in [0.717, 1.165) is 35.7 Å². The van der Waals surface area contributed by atoms with Gasteiger partial charge in [-0.15, -0.1) is 0 Å². The Bertz CT molecular complexity index is 946. The summed E-state index contributed by atoms with van der Waals surface area (Å²) in [5, 5.41) is 3.04. The Labute approximate surface area is 165 Å². The number of ether oxygens (including phenoxy) is 1. The molecule has 0 bridgehead atoms. The molecule has 5 nitrogen and oxygen atoms in total. The highest BCUT2D eigenvalue weighted by atomic mass is 16.5. The van der Waals surface area contributed by atoms with Crippen molar-refractivity contribution in [2.75, 3.05) is 7.11 Å². The summed E-state index contributed by atoms with van der Waals surface area (Å²) in [7, 11) is 1.64. The van der Waals surface area contributed by atoms with Crippen molar-refractivity contribution in [3.8, 4) is 11.4 Å². The van der Waals surface area contributed by atoms with Gasteiger partial charge in [0.25, 0.3) is 0 Å². The van der Waals surface area contributed by atoms with Gasteiger partial charge in [-0.05, 0) is 55.5 Å². The van der Waals surface area contributed by atoms with E-state index in [1.54, 1.807) is 7.11 Å². The first-order valence-corrected chi connectivity index (χ1v) is 9.79. The van der Waals surface area contributed by atoms with Gasteiger partial charge in [-0.3, -0.25) is 9.36 Å². The van der Waals surface area contributed by atoms with Gasteiger partial charge in [0.1, 0.15) is 11.6 Å². The monoisotopic (exact) mass is 375 g/mol. The molecule has 0 aliphatic heterocycles. The summed E-state index contributed by atoms with van der Waals surface area (Å²) >= 11 is 0. The highest BCUT2D eigenvalue weighted by Crippen LogP contribution is 2.25. The third-order valence-electron chi connectivity index (χ3n) is 5.18. The van der Waals surface area contributed by atoms with E-state index in [0.29, 0.717) is 13.0 Å². The zero-order chi connectivity index (χ0) is 19.3. The van der Waals surface area contributed by atoms with Crippen LogP contribution < -0.4 is 10.1 Å². The maximum Gasteiger partial charge on any atom is 0.224 e. The van der Waals surface area contributed by atoms with Crippen LogP contribution in [-0.2, 0) is 30.6 Å². The van der Waals surface area contributed by atoms with Gasteiger partial charge in [-0.1, -0.05) is 30.3 Å². The van der Waals surface area contributed by atoms with Gasteiger partial charge < -0.3 is 10.1 Å². The summed E-state index contributed by atoms with van der Waals surface area (Å²) < 4.78 is 7.39. The number of fused-ring (bicyclic) bond motifs is 1. The molecule has 1 heterocycles. The summed E-state index contributed by atoms with van der Waals surface area (Å²) in [6.07, 6.45) is 4.77. The van der Waals surface area contributed by atoms with Crippen LogP contribution in [0.5, 0.6) is 5.75 Å². The molecule has 0 fully saturated rings. The molecule has 1 aliphatic rings. The van der Waals surface area contributed by atoms with Crippen LogP contribution >= 0.6 is 0 Å². The van der Waals surface area contributed by atoms with E-state index >= 15 is 0 Å². The number of imidazole rings is 1. The van der Waals surface area contributed by atoms with E-state index in [-0.39, 0.29) is 5.91 Å². The first-order chi connectivity index (χ1) is 13.7. The van der Waals surface area contributed by atoms with Gasteiger partial charge >= 0.3 is 0 Å². The molecule has 0 radical (unpaired) electrons. The van der Waals surface area contributed by atoms with E-state index in [2.05, 4.69) is 22.0 Å². The number of nitrogens with zero attached hydrogens (tertiary/aromatic N) is 2. The fraction of sp³-hybridized carbons (Fsp3) is 0.304. The van der Waals surface area contributed by atoms with Crippen LogP contribution in [0, 0.1) is 0 Å². The average molecular weight is 375 g/mol. The molecule has 28 heavy (non-hydrogen) atoms. The Kier molecular flexibility index (Phi) is 5.42. The maximum absolute atomic E-state index is 12.5. The van der Waals surface area contributed by atoms with Gasteiger partial charge in [0, 0.05) is 11.4 Å². The van der Waals surface area contributed by atoms with Crippen molar-refractivity contribution < 1.29 is 9.53 Å². The van der Waals surface area contributed by atoms with E-state index < -0.39 is 0 Å². The molecule has 0 unspecified atom stereocenters. The highest BCUT2D eigenvalue weighted by molar-refractivity contribution is 5.78. The van der Waals surface area contributed by atoms with Crippen LogP contribution in [0.3, 0.4) is 0 Å². The van der Waals surface area contributed by atoms with Crippen molar-refractivity contribution in [2.24, 2.45) is 0 Å². The van der Waals surface area contributed by atoms with Gasteiger partial charge in [0.15, 0.2) is 0 Å².